The van der Waals surface area contributed by atoms with Crippen LogP contribution in [0, 0.1) is 5.92 Å². The molecule has 1 heterocycles. The van der Waals surface area contributed by atoms with Crippen molar-refractivity contribution < 1.29 is 5.11 Å². The van der Waals surface area contributed by atoms with Gasteiger partial charge in [0.2, 0.25) is 0 Å². The van der Waals surface area contributed by atoms with Crippen LogP contribution < -0.4 is 0 Å². The fourth-order valence-electron chi connectivity index (χ4n) is 1.81. The molecule has 0 fully saturated rings. The minimum Gasteiger partial charge on any atom is -0.394 e. The molecule has 0 aliphatic carbocycles. The molecule has 2 nitrogen and oxygen atoms in total. The topological polar surface area (TPSA) is 33.1 Å². The van der Waals surface area contributed by atoms with Crippen molar-refractivity contribution >= 4 is 7.85 Å². The van der Waals surface area contributed by atoms with Gasteiger partial charge in [0.15, 0.2) is 0 Å². The van der Waals surface area contributed by atoms with Crippen LogP contribution in [0.5, 0.6) is 0 Å². The highest BCUT2D eigenvalue weighted by Crippen LogP contribution is 2.26. The molecule has 0 amide bonds. The third-order valence-corrected chi connectivity index (χ3v) is 3.54. The zero-order valence-corrected chi connectivity index (χ0v) is 11.1. The molecule has 0 radical (unpaired) electrons. The van der Waals surface area contributed by atoms with E-state index in [1.807, 2.05) is 64.2 Å². The van der Waals surface area contributed by atoms with Gasteiger partial charge < -0.3 is 5.11 Å². The minimum atomic E-state index is -0.831. The molecule has 0 aliphatic rings. The van der Waals surface area contributed by atoms with Crippen molar-refractivity contribution in [1.82, 2.24) is 4.98 Å². The first-order valence-corrected chi connectivity index (χ1v) is 6.26. The first-order valence-electron chi connectivity index (χ1n) is 6.26. The van der Waals surface area contributed by atoms with Crippen LogP contribution in [0.1, 0.15) is 19.4 Å². The maximum absolute atomic E-state index is 10.4. The van der Waals surface area contributed by atoms with E-state index >= 15 is 0 Å². The van der Waals surface area contributed by atoms with Gasteiger partial charge >= 0.3 is 0 Å². The summed E-state index contributed by atoms with van der Waals surface area (Å²) in [6, 6.07) is 14.0. The molecule has 0 bridgehead atoms. The Hall–Kier alpha value is -1.61. The van der Waals surface area contributed by atoms with E-state index in [9.17, 15) is 5.11 Å². The summed E-state index contributed by atoms with van der Waals surface area (Å²) in [7, 11) is 1.83. The first-order chi connectivity index (χ1) is 8.51. The Morgan fingerprint density at radius 1 is 1.11 bits per heavy atom. The van der Waals surface area contributed by atoms with Gasteiger partial charge in [-0.05, 0) is 17.5 Å². The zero-order chi connectivity index (χ0) is 13.2. The second kappa shape index (κ2) is 4.95. The predicted molar refractivity (Wildman–Crippen MR) is 77.0 cm³/mol. The van der Waals surface area contributed by atoms with Crippen LogP contribution in [0.3, 0.4) is 0 Å². The number of hydrogen-bond acceptors (Lipinski definition) is 2. The number of hydrogen-bond donors (Lipinski definition) is 1. The van der Waals surface area contributed by atoms with E-state index in [0.29, 0.717) is 0 Å². The lowest BCUT2D eigenvalue weighted by atomic mass is 9.69. The van der Waals surface area contributed by atoms with Crippen molar-refractivity contribution in [2.24, 2.45) is 5.92 Å². The fourth-order valence-corrected chi connectivity index (χ4v) is 1.81. The third kappa shape index (κ3) is 2.46. The molecule has 0 saturated carbocycles. The Bertz CT molecular complexity index is 506. The molecule has 0 spiro atoms. The lowest BCUT2D eigenvalue weighted by Gasteiger charge is -2.28. The van der Waals surface area contributed by atoms with E-state index in [1.165, 1.54) is 0 Å². The van der Waals surface area contributed by atoms with Crippen LogP contribution in [0.15, 0.2) is 48.7 Å². The molecule has 1 atom stereocenters. The van der Waals surface area contributed by atoms with Crippen LogP contribution in [-0.2, 0) is 5.50 Å². The highest BCUT2D eigenvalue weighted by atomic mass is 16.3. The Kier molecular flexibility index (Phi) is 3.53. The van der Waals surface area contributed by atoms with E-state index in [1.54, 1.807) is 6.20 Å². The van der Waals surface area contributed by atoms with Gasteiger partial charge in [-0.1, -0.05) is 50.2 Å². The normalized spacial score (nSPS) is 14.4. The summed E-state index contributed by atoms with van der Waals surface area (Å²) >= 11 is 0. The average molecular weight is 239 g/mol. The van der Waals surface area contributed by atoms with Gasteiger partial charge in [0.1, 0.15) is 7.85 Å². The van der Waals surface area contributed by atoms with Crippen molar-refractivity contribution in [2.45, 2.75) is 19.3 Å². The molecular weight excluding hydrogens is 221 g/mol. The summed E-state index contributed by atoms with van der Waals surface area (Å²) in [4.78, 5) is 4.44. The van der Waals surface area contributed by atoms with Gasteiger partial charge in [0.25, 0.3) is 0 Å². The van der Waals surface area contributed by atoms with E-state index in [4.69, 9.17) is 0 Å². The van der Waals surface area contributed by atoms with Crippen molar-refractivity contribution in [2.75, 3.05) is 0 Å². The smallest absolute Gasteiger partial charge is 0.149 e. The van der Waals surface area contributed by atoms with E-state index in [0.717, 1.165) is 16.8 Å². The van der Waals surface area contributed by atoms with Crippen LogP contribution >= 0.6 is 0 Å². The highest BCUT2D eigenvalue weighted by molar-refractivity contribution is 6.14. The van der Waals surface area contributed by atoms with Crippen molar-refractivity contribution in [3.05, 3.63) is 54.2 Å². The third-order valence-electron chi connectivity index (χ3n) is 3.54. The van der Waals surface area contributed by atoms with Gasteiger partial charge in [-0.3, -0.25) is 4.98 Å². The molecule has 1 aromatic carbocycles. The lowest BCUT2D eigenvalue weighted by Crippen LogP contribution is -2.32. The van der Waals surface area contributed by atoms with Gasteiger partial charge in [0.05, 0.1) is 11.2 Å². The number of pyridine rings is 1. The summed E-state index contributed by atoms with van der Waals surface area (Å²) in [6.45, 7) is 4.01. The summed E-state index contributed by atoms with van der Waals surface area (Å²) < 4.78 is 0. The van der Waals surface area contributed by atoms with E-state index in [-0.39, 0.29) is 5.92 Å². The first kappa shape index (κ1) is 12.8. The minimum absolute atomic E-state index is 0.155. The Morgan fingerprint density at radius 3 is 2.28 bits per heavy atom. The fraction of sp³-hybridized carbons (Fsp3) is 0.267. The van der Waals surface area contributed by atoms with Gasteiger partial charge in [-0.15, -0.1) is 0 Å². The number of nitrogens with zero attached hydrogens (tertiary/aromatic N) is 1. The number of aliphatic hydroxyl groups is 1. The van der Waals surface area contributed by atoms with Crippen molar-refractivity contribution in [3.8, 4) is 11.3 Å². The number of rotatable bonds is 3. The molecule has 92 valence electrons. The molecule has 0 saturated heterocycles. The SMILES string of the molecule is BC(O)(c1ccc(-c2ccccc2)nc1)C(C)C. The second-order valence-electron chi connectivity index (χ2n) is 5.10. The van der Waals surface area contributed by atoms with E-state index < -0.39 is 5.50 Å². The Morgan fingerprint density at radius 2 is 1.78 bits per heavy atom. The maximum Gasteiger partial charge on any atom is 0.149 e. The quantitative estimate of drug-likeness (QED) is 0.833. The predicted octanol–water partition coefficient (Wildman–Crippen LogP) is 2.18. The van der Waals surface area contributed by atoms with Gasteiger partial charge in [-0.25, -0.2) is 0 Å². The number of benzene rings is 1. The van der Waals surface area contributed by atoms with Crippen LogP contribution in [0.4, 0.5) is 0 Å². The molecule has 1 unspecified atom stereocenters. The van der Waals surface area contributed by atoms with Crippen molar-refractivity contribution in [1.29, 1.82) is 0 Å². The summed E-state index contributed by atoms with van der Waals surface area (Å²) in [5.74, 6) is 0.155. The Balaban J connectivity index is 2.32. The Labute approximate surface area is 109 Å². The average Bonchev–Trinajstić information content (AvgIpc) is 2.40. The molecule has 0 aliphatic heterocycles. The largest absolute Gasteiger partial charge is 0.394 e. The van der Waals surface area contributed by atoms with Gasteiger partial charge in [0, 0.05) is 11.8 Å². The van der Waals surface area contributed by atoms with Crippen molar-refractivity contribution in [3.63, 3.8) is 0 Å². The van der Waals surface area contributed by atoms with Crippen LogP contribution in [0.2, 0.25) is 0 Å². The molecule has 2 rings (SSSR count). The summed E-state index contributed by atoms with van der Waals surface area (Å²) in [6.07, 6.45) is 1.77. The van der Waals surface area contributed by atoms with Crippen LogP contribution in [-0.4, -0.2) is 17.9 Å². The molecule has 1 aromatic heterocycles. The standard InChI is InChI=1S/C15H18BNO/c1-11(2)15(16,18)13-8-9-14(17-10-13)12-6-4-3-5-7-12/h3-11,18H,16H2,1-2H3. The summed E-state index contributed by atoms with van der Waals surface area (Å²) in [5.41, 5.74) is 2.05. The molecule has 3 heteroatoms. The second-order valence-corrected chi connectivity index (χ2v) is 5.10. The zero-order valence-electron chi connectivity index (χ0n) is 11.1. The summed E-state index contributed by atoms with van der Waals surface area (Å²) in [5, 5.41) is 10.4. The molecule has 18 heavy (non-hydrogen) atoms. The highest BCUT2D eigenvalue weighted by Gasteiger charge is 2.27. The lowest BCUT2D eigenvalue weighted by molar-refractivity contribution is 0.0766. The maximum atomic E-state index is 10.4. The monoisotopic (exact) mass is 239 g/mol. The molecular formula is C15H18BNO. The molecule has 1 N–H and O–H groups in total. The molecule has 2 aromatic rings. The number of aromatic nitrogens is 1. The van der Waals surface area contributed by atoms with Crippen LogP contribution in [0.25, 0.3) is 11.3 Å². The van der Waals surface area contributed by atoms with E-state index in [2.05, 4.69) is 4.98 Å². The van der Waals surface area contributed by atoms with Gasteiger partial charge in [-0.2, -0.15) is 0 Å².